The highest BCUT2D eigenvalue weighted by atomic mass is 16.2. The maximum absolute atomic E-state index is 12.9. The van der Waals surface area contributed by atoms with Crippen molar-refractivity contribution < 1.29 is 9.59 Å². The maximum atomic E-state index is 12.9. The molecular weight excluding hydrogens is 316 g/mol. The van der Waals surface area contributed by atoms with E-state index in [2.05, 4.69) is 10.3 Å². The molecule has 2 heterocycles. The van der Waals surface area contributed by atoms with E-state index in [1.54, 1.807) is 17.2 Å². The zero-order chi connectivity index (χ0) is 17.8. The number of anilines is 1. The Morgan fingerprint density at radius 3 is 2.64 bits per heavy atom. The minimum absolute atomic E-state index is 0.110. The van der Waals surface area contributed by atoms with Crippen molar-refractivity contribution in [1.29, 1.82) is 0 Å². The van der Waals surface area contributed by atoms with Crippen LogP contribution in [0, 0.1) is 0 Å². The molecule has 0 saturated carbocycles. The van der Waals surface area contributed by atoms with Crippen molar-refractivity contribution in [2.75, 3.05) is 32.1 Å². The number of hydrogen-bond acceptors (Lipinski definition) is 4. The van der Waals surface area contributed by atoms with Gasteiger partial charge < -0.3 is 15.1 Å². The van der Waals surface area contributed by atoms with Crippen LogP contribution in [0.5, 0.6) is 0 Å². The SMILES string of the molecule is CN(C)c1ccc(C(=O)N2CCNC(=O)C2Cc2ccccc2)cn1. The van der Waals surface area contributed by atoms with Crippen LogP contribution in [-0.2, 0) is 11.2 Å². The zero-order valence-electron chi connectivity index (χ0n) is 14.5. The average Bonchev–Trinajstić information content (AvgIpc) is 2.64. The van der Waals surface area contributed by atoms with Gasteiger partial charge in [-0.25, -0.2) is 4.98 Å². The van der Waals surface area contributed by atoms with Gasteiger partial charge >= 0.3 is 0 Å². The van der Waals surface area contributed by atoms with Crippen LogP contribution in [0.4, 0.5) is 5.82 Å². The highest BCUT2D eigenvalue weighted by Crippen LogP contribution is 2.17. The van der Waals surface area contributed by atoms with Crippen LogP contribution >= 0.6 is 0 Å². The molecule has 1 saturated heterocycles. The van der Waals surface area contributed by atoms with Crippen molar-refractivity contribution in [3.63, 3.8) is 0 Å². The number of amides is 2. The maximum Gasteiger partial charge on any atom is 0.256 e. The monoisotopic (exact) mass is 338 g/mol. The van der Waals surface area contributed by atoms with Crippen LogP contribution in [0.1, 0.15) is 15.9 Å². The number of nitrogens with one attached hydrogen (secondary N) is 1. The quantitative estimate of drug-likeness (QED) is 0.913. The highest BCUT2D eigenvalue weighted by Gasteiger charge is 2.33. The highest BCUT2D eigenvalue weighted by molar-refractivity contribution is 5.98. The van der Waals surface area contributed by atoms with Crippen LogP contribution in [0.15, 0.2) is 48.7 Å². The molecule has 1 aliphatic rings. The largest absolute Gasteiger partial charge is 0.363 e. The zero-order valence-corrected chi connectivity index (χ0v) is 14.5. The van der Waals surface area contributed by atoms with Crippen molar-refractivity contribution in [1.82, 2.24) is 15.2 Å². The fourth-order valence-corrected chi connectivity index (χ4v) is 2.94. The molecule has 1 aromatic heterocycles. The molecule has 1 aliphatic heterocycles. The van der Waals surface area contributed by atoms with Gasteiger partial charge in [0.1, 0.15) is 11.9 Å². The molecule has 0 bridgehead atoms. The molecule has 25 heavy (non-hydrogen) atoms. The molecule has 2 aromatic rings. The minimum atomic E-state index is -0.503. The predicted molar refractivity (Wildman–Crippen MR) is 96.5 cm³/mol. The van der Waals surface area contributed by atoms with Crippen molar-refractivity contribution in [3.8, 4) is 0 Å². The minimum Gasteiger partial charge on any atom is -0.363 e. The Morgan fingerprint density at radius 1 is 1.24 bits per heavy atom. The topological polar surface area (TPSA) is 65.5 Å². The number of piperazine rings is 1. The van der Waals surface area contributed by atoms with E-state index in [4.69, 9.17) is 0 Å². The molecular formula is C19H22N4O2. The summed E-state index contributed by atoms with van der Waals surface area (Å²) >= 11 is 0. The van der Waals surface area contributed by atoms with E-state index in [1.165, 1.54) is 0 Å². The first-order chi connectivity index (χ1) is 12.1. The summed E-state index contributed by atoms with van der Waals surface area (Å²) in [5.74, 6) is 0.517. The van der Waals surface area contributed by atoms with E-state index in [1.807, 2.05) is 55.4 Å². The molecule has 1 atom stereocenters. The summed E-state index contributed by atoms with van der Waals surface area (Å²) in [7, 11) is 3.80. The van der Waals surface area contributed by atoms with Crippen molar-refractivity contribution in [3.05, 3.63) is 59.8 Å². The van der Waals surface area contributed by atoms with Crippen molar-refractivity contribution in [2.24, 2.45) is 0 Å². The summed E-state index contributed by atoms with van der Waals surface area (Å²) < 4.78 is 0. The molecule has 0 spiro atoms. The van der Waals surface area contributed by atoms with Crippen molar-refractivity contribution >= 4 is 17.6 Å². The van der Waals surface area contributed by atoms with Gasteiger partial charge in [-0.3, -0.25) is 9.59 Å². The van der Waals surface area contributed by atoms with Crippen LogP contribution in [0.2, 0.25) is 0 Å². The van der Waals surface area contributed by atoms with Crippen LogP contribution < -0.4 is 10.2 Å². The van der Waals surface area contributed by atoms with Crippen LogP contribution in [0.25, 0.3) is 0 Å². The van der Waals surface area contributed by atoms with Gasteiger partial charge in [0.2, 0.25) is 5.91 Å². The van der Waals surface area contributed by atoms with Gasteiger partial charge in [0.25, 0.3) is 5.91 Å². The Hall–Kier alpha value is -2.89. The van der Waals surface area contributed by atoms with E-state index in [9.17, 15) is 9.59 Å². The number of aromatic nitrogens is 1. The van der Waals surface area contributed by atoms with Crippen molar-refractivity contribution in [2.45, 2.75) is 12.5 Å². The molecule has 1 unspecified atom stereocenters. The molecule has 2 amide bonds. The Morgan fingerprint density at radius 2 is 2.00 bits per heavy atom. The predicted octanol–water partition coefficient (Wildman–Crippen LogP) is 1.33. The molecule has 0 aliphatic carbocycles. The first-order valence-corrected chi connectivity index (χ1v) is 8.32. The lowest BCUT2D eigenvalue weighted by Crippen LogP contribution is -2.58. The van der Waals surface area contributed by atoms with Gasteiger partial charge in [-0.2, -0.15) is 0 Å². The normalized spacial score (nSPS) is 17.1. The Kier molecular flexibility index (Phi) is 4.97. The van der Waals surface area contributed by atoms with E-state index >= 15 is 0 Å². The van der Waals surface area contributed by atoms with Gasteiger partial charge in [0.05, 0.1) is 5.56 Å². The summed E-state index contributed by atoms with van der Waals surface area (Å²) in [5.41, 5.74) is 1.53. The fourth-order valence-electron chi connectivity index (χ4n) is 2.94. The van der Waals surface area contributed by atoms with E-state index in [0.717, 1.165) is 11.4 Å². The number of hydrogen-bond donors (Lipinski definition) is 1. The Bertz CT molecular complexity index is 744. The standard InChI is InChI=1S/C19H22N4O2/c1-22(2)17-9-8-15(13-21-17)19(25)23-11-10-20-18(24)16(23)12-14-6-4-3-5-7-14/h3-9,13,16H,10-12H2,1-2H3,(H,20,24). The summed E-state index contributed by atoms with van der Waals surface area (Å²) in [6.07, 6.45) is 2.07. The third-order valence-electron chi connectivity index (χ3n) is 4.32. The molecule has 6 nitrogen and oxygen atoms in total. The lowest BCUT2D eigenvalue weighted by Gasteiger charge is -2.35. The summed E-state index contributed by atoms with van der Waals surface area (Å²) in [5, 5.41) is 2.86. The Labute approximate surface area is 147 Å². The smallest absolute Gasteiger partial charge is 0.256 e. The molecule has 6 heteroatoms. The third kappa shape index (κ3) is 3.79. The molecule has 0 radical (unpaired) electrons. The molecule has 1 fully saturated rings. The van der Waals surface area contributed by atoms with Gasteiger partial charge in [-0.05, 0) is 17.7 Å². The molecule has 1 N–H and O–H groups in total. The number of pyridine rings is 1. The van der Waals surface area contributed by atoms with Crippen LogP contribution in [-0.4, -0.2) is 54.9 Å². The third-order valence-corrected chi connectivity index (χ3v) is 4.32. The number of nitrogens with zero attached hydrogens (tertiary/aromatic N) is 3. The summed E-state index contributed by atoms with van der Waals surface area (Å²) in [4.78, 5) is 33.1. The molecule has 130 valence electrons. The number of benzene rings is 1. The lowest BCUT2D eigenvalue weighted by atomic mass is 10.0. The Balaban J connectivity index is 1.81. The van der Waals surface area contributed by atoms with Gasteiger partial charge in [-0.1, -0.05) is 30.3 Å². The molecule has 1 aromatic carbocycles. The number of carbonyl (C=O) groups excluding carboxylic acids is 2. The van der Waals surface area contributed by atoms with Gasteiger partial charge in [0.15, 0.2) is 0 Å². The summed E-state index contributed by atoms with van der Waals surface area (Å²) in [6.45, 7) is 0.969. The number of carbonyl (C=O) groups is 2. The van der Waals surface area contributed by atoms with Gasteiger partial charge in [-0.15, -0.1) is 0 Å². The average molecular weight is 338 g/mol. The first kappa shape index (κ1) is 17.0. The second-order valence-electron chi connectivity index (χ2n) is 6.29. The second-order valence-corrected chi connectivity index (χ2v) is 6.29. The van der Waals surface area contributed by atoms with E-state index in [0.29, 0.717) is 25.1 Å². The fraction of sp³-hybridized carbons (Fsp3) is 0.316. The number of rotatable bonds is 4. The van der Waals surface area contributed by atoms with Crippen LogP contribution in [0.3, 0.4) is 0 Å². The second kappa shape index (κ2) is 7.34. The lowest BCUT2D eigenvalue weighted by molar-refractivity contribution is -0.127. The van der Waals surface area contributed by atoms with E-state index < -0.39 is 6.04 Å². The van der Waals surface area contributed by atoms with E-state index in [-0.39, 0.29) is 11.8 Å². The molecule has 3 rings (SSSR count). The van der Waals surface area contributed by atoms with Gasteiger partial charge in [0, 0.05) is 39.8 Å². The summed E-state index contributed by atoms with van der Waals surface area (Å²) in [6, 6.07) is 12.8. The first-order valence-electron chi connectivity index (χ1n) is 8.32.